The molecule has 6 rings (SSSR count). The summed E-state index contributed by atoms with van der Waals surface area (Å²) in [4.78, 5) is 33.2. The maximum Gasteiger partial charge on any atom is 0.301 e. The second-order valence-electron chi connectivity index (χ2n) is 9.44. The number of carbonyl (C=O) groups excluding carboxylic acids is 2. The first kappa shape index (κ1) is 27.4. The number of rotatable bonds is 9. The zero-order chi connectivity index (χ0) is 29.2. The number of aromatic nitrogens is 4. The van der Waals surface area contributed by atoms with Gasteiger partial charge in [0.25, 0.3) is 5.78 Å². The van der Waals surface area contributed by atoms with Crippen molar-refractivity contribution in [3.05, 3.63) is 120 Å². The molecule has 0 radical (unpaired) electrons. The second-order valence-corrected chi connectivity index (χ2v) is 11.6. The molecule has 0 saturated carbocycles. The topological polar surface area (TPSA) is 110 Å². The fourth-order valence-corrected chi connectivity index (χ4v) is 6.70. The Bertz CT molecular complexity index is 1850. The second kappa shape index (κ2) is 11.6. The normalized spacial score (nSPS) is 16.3. The van der Waals surface area contributed by atoms with Gasteiger partial charge in [0.2, 0.25) is 5.13 Å². The predicted octanol–water partition coefficient (Wildman–Crippen LogP) is 5.98. The minimum Gasteiger partial charge on any atom is -0.505 e. The first-order valence-corrected chi connectivity index (χ1v) is 14.9. The lowest BCUT2D eigenvalue weighted by molar-refractivity contribution is -0.132. The monoisotopic (exact) mass is 595 g/mol. The van der Waals surface area contributed by atoms with Crippen LogP contribution >= 0.6 is 23.1 Å². The van der Waals surface area contributed by atoms with Crippen LogP contribution in [0.5, 0.6) is 5.75 Å². The molecule has 1 aliphatic heterocycles. The van der Waals surface area contributed by atoms with E-state index in [9.17, 15) is 14.7 Å². The number of ether oxygens (including phenoxy) is 1. The highest BCUT2D eigenvalue weighted by Gasteiger charge is 2.49. The van der Waals surface area contributed by atoms with E-state index in [-0.39, 0.29) is 23.1 Å². The van der Waals surface area contributed by atoms with Crippen molar-refractivity contribution in [3.63, 3.8) is 0 Å². The van der Waals surface area contributed by atoms with Gasteiger partial charge in [-0.05, 0) is 42.3 Å². The lowest BCUT2D eigenvalue weighted by Gasteiger charge is -2.23. The molecule has 1 saturated heterocycles. The molecule has 11 heteroatoms. The van der Waals surface area contributed by atoms with Gasteiger partial charge in [0, 0.05) is 11.9 Å². The molecule has 9 nitrogen and oxygen atoms in total. The van der Waals surface area contributed by atoms with Crippen LogP contribution in [0.1, 0.15) is 28.6 Å². The van der Waals surface area contributed by atoms with E-state index in [0.29, 0.717) is 38.4 Å². The molecule has 4 heterocycles. The number of hydrogen-bond donors (Lipinski definition) is 1. The van der Waals surface area contributed by atoms with E-state index < -0.39 is 17.7 Å². The summed E-state index contributed by atoms with van der Waals surface area (Å²) in [6.45, 7) is 5.72. The average Bonchev–Trinajstić information content (AvgIpc) is 3.69. The number of nitrogens with zero attached hydrogens (tertiary/aromatic N) is 5. The van der Waals surface area contributed by atoms with Crippen LogP contribution in [-0.2, 0) is 15.3 Å². The highest BCUT2D eigenvalue weighted by molar-refractivity contribution is 8.00. The van der Waals surface area contributed by atoms with E-state index in [1.54, 1.807) is 60.0 Å². The Morgan fingerprint density at radius 1 is 1.10 bits per heavy atom. The van der Waals surface area contributed by atoms with Gasteiger partial charge in [-0.2, -0.15) is 0 Å². The van der Waals surface area contributed by atoms with Crippen molar-refractivity contribution < 1.29 is 19.4 Å². The maximum atomic E-state index is 13.7. The number of carbonyl (C=O) groups is 2. The maximum absolute atomic E-state index is 13.7. The Morgan fingerprint density at radius 2 is 1.90 bits per heavy atom. The number of hydrogen-bond acceptors (Lipinski definition) is 9. The van der Waals surface area contributed by atoms with Gasteiger partial charge in [-0.25, -0.2) is 4.98 Å². The standard InChI is InChI=1S/C31H25N5O4S2/c1-3-16-40-22-13-9-12-21(17-22)26-24(27(37)25-19(2)32-23-14-7-8-15-35(23)25)28(38)29(39)36(26)30-33-34-31(42-30)41-18-20-10-5-4-6-11-20/h3-15,17,26,37H,1,16,18H2,2H3. The quantitative estimate of drug-likeness (QED) is 0.0554. The Balaban J connectivity index is 1.46. The van der Waals surface area contributed by atoms with Crippen molar-refractivity contribution >= 4 is 51.3 Å². The number of Topliss-reactive ketones (excluding diaryl/α,β-unsaturated/α-hetero) is 1. The fraction of sp³-hybridized carbons (Fsp3) is 0.129. The van der Waals surface area contributed by atoms with E-state index in [1.165, 1.54) is 28.0 Å². The smallest absolute Gasteiger partial charge is 0.301 e. The molecule has 2 aromatic carbocycles. The summed E-state index contributed by atoms with van der Waals surface area (Å²) in [5.74, 6) is -0.749. The molecular formula is C31H25N5O4S2. The number of aliphatic hydroxyl groups is 1. The van der Waals surface area contributed by atoms with E-state index >= 15 is 0 Å². The summed E-state index contributed by atoms with van der Waals surface area (Å²) in [5, 5.41) is 20.6. The third-order valence-corrected chi connectivity index (χ3v) is 8.85. The number of fused-ring (bicyclic) bond motifs is 1. The highest BCUT2D eigenvalue weighted by Crippen LogP contribution is 2.45. The molecule has 0 spiro atoms. The van der Waals surface area contributed by atoms with Gasteiger partial charge in [0.15, 0.2) is 10.1 Å². The molecule has 1 N–H and O–H groups in total. The van der Waals surface area contributed by atoms with E-state index in [2.05, 4.69) is 21.8 Å². The highest BCUT2D eigenvalue weighted by atomic mass is 32.2. The molecule has 42 heavy (non-hydrogen) atoms. The minimum atomic E-state index is -0.981. The Labute approximate surface area is 249 Å². The first-order valence-electron chi connectivity index (χ1n) is 13.0. The fourth-order valence-electron chi connectivity index (χ4n) is 4.88. The van der Waals surface area contributed by atoms with Crippen LogP contribution in [0.3, 0.4) is 0 Å². The number of aliphatic hydroxyl groups excluding tert-OH is 1. The summed E-state index contributed by atoms with van der Waals surface area (Å²) in [5.41, 5.74) is 3.08. The largest absolute Gasteiger partial charge is 0.505 e. The number of anilines is 1. The SMILES string of the molecule is C=CCOc1cccc(C2C(=C(O)c3c(C)nc4ccccn34)C(=O)C(=O)N2c2nnc(SCc3ccccc3)s2)c1. The summed E-state index contributed by atoms with van der Waals surface area (Å²) in [7, 11) is 0. The number of imidazole rings is 1. The molecule has 3 aromatic heterocycles. The number of thioether (sulfide) groups is 1. The number of aryl methyl sites for hydroxylation is 1. The molecular weight excluding hydrogens is 571 g/mol. The minimum absolute atomic E-state index is 0.0664. The van der Waals surface area contributed by atoms with Crippen LogP contribution in [0.4, 0.5) is 5.13 Å². The summed E-state index contributed by atoms with van der Waals surface area (Å²) < 4.78 is 8.09. The van der Waals surface area contributed by atoms with Gasteiger partial charge in [0.05, 0.1) is 17.3 Å². The van der Waals surface area contributed by atoms with Crippen molar-refractivity contribution in [1.82, 2.24) is 19.6 Å². The molecule has 1 atom stereocenters. The van der Waals surface area contributed by atoms with E-state index in [4.69, 9.17) is 4.74 Å². The molecule has 0 aliphatic carbocycles. The van der Waals surface area contributed by atoms with Crippen molar-refractivity contribution in [2.75, 3.05) is 11.5 Å². The van der Waals surface area contributed by atoms with Crippen LogP contribution in [0.2, 0.25) is 0 Å². The third-order valence-electron chi connectivity index (χ3n) is 6.72. The predicted molar refractivity (Wildman–Crippen MR) is 163 cm³/mol. The molecule has 210 valence electrons. The first-order chi connectivity index (χ1) is 20.5. The molecule has 0 bridgehead atoms. The van der Waals surface area contributed by atoms with Crippen LogP contribution in [0.25, 0.3) is 11.4 Å². The number of ketones is 1. The number of amides is 1. The van der Waals surface area contributed by atoms with Gasteiger partial charge in [-0.3, -0.25) is 18.9 Å². The van der Waals surface area contributed by atoms with Gasteiger partial charge < -0.3 is 9.84 Å². The van der Waals surface area contributed by atoms with E-state index in [1.807, 2.05) is 36.4 Å². The number of pyridine rings is 1. The molecule has 1 fully saturated rings. The van der Waals surface area contributed by atoms with Gasteiger partial charge in [-0.15, -0.1) is 10.2 Å². The summed E-state index contributed by atoms with van der Waals surface area (Å²) >= 11 is 2.71. The molecule has 1 unspecified atom stereocenters. The zero-order valence-corrected chi connectivity index (χ0v) is 24.1. The van der Waals surface area contributed by atoms with E-state index in [0.717, 1.165) is 5.56 Å². The summed E-state index contributed by atoms with van der Waals surface area (Å²) in [6, 6.07) is 21.5. The van der Waals surface area contributed by atoms with Crippen molar-refractivity contribution in [1.29, 1.82) is 0 Å². The lowest BCUT2D eigenvalue weighted by atomic mass is 9.96. The van der Waals surface area contributed by atoms with Crippen LogP contribution in [-0.4, -0.2) is 43.0 Å². The van der Waals surface area contributed by atoms with Crippen LogP contribution in [0.15, 0.2) is 102 Å². The Kier molecular flexibility index (Phi) is 7.60. The zero-order valence-electron chi connectivity index (χ0n) is 22.5. The van der Waals surface area contributed by atoms with Gasteiger partial charge >= 0.3 is 5.91 Å². The number of benzene rings is 2. The van der Waals surface area contributed by atoms with Crippen molar-refractivity contribution in [2.45, 2.75) is 23.1 Å². The lowest BCUT2D eigenvalue weighted by Crippen LogP contribution is -2.29. The summed E-state index contributed by atoms with van der Waals surface area (Å²) in [6.07, 6.45) is 3.38. The van der Waals surface area contributed by atoms with Crippen LogP contribution < -0.4 is 9.64 Å². The van der Waals surface area contributed by atoms with Crippen molar-refractivity contribution in [2.24, 2.45) is 0 Å². The Morgan fingerprint density at radius 3 is 2.71 bits per heavy atom. The molecule has 5 aromatic rings. The molecule has 1 amide bonds. The molecule has 1 aliphatic rings. The third kappa shape index (κ3) is 5.08. The van der Waals surface area contributed by atoms with Crippen molar-refractivity contribution in [3.8, 4) is 5.75 Å². The average molecular weight is 596 g/mol. The van der Waals surface area contributed by atoms with Gasteiger partial charge in [-0.1, -0.05) is 84.3 Å². The Hall–Kier alpha value is -4.74. The van der Waals surface area contributed by atoms with Gasteiger partial charge in [0.1, 0.15) is 23.7 Å². The van der Waals surface area contributed by atoms with Crippen LogP contribution in [0, 0.1) is 6.92 Å².